The largest absolute Gasteiger partial charge is 0.371 e. The Morgan fingerprint density at radius 3 is 2.34 bits per heavy atom. The third kappa shape index (κ3) is 5.50. The van der Waals surface area contributed by atoms with E-state index in [-0.39, 0.29) is 37.4 Å². The normalized spacial score (nSPS) is 19.1. The summed E-state index contributed by atoms with van der Waals surface area (Å²) in [5.41, 5.74) is 4.99. The highest BCUT2D eigenvalue weighted by molar-refractivity contribution is 7.92. The average Bonchev–Trinajstić information content (AvgIpc) is 2.81. The molecule has 0 saturated carbocycles. The molecule has 1 amide bonds. The number of anilines is 1. The lowest BCUT2D eigenvalue weighted by atomic mass is 10.1. The molecule has 1 aromatic carbocycles. The van der Waals surface area contributed by atoms with Crippen LogP contribution in [0.2, 0.25) is 0 Å². The number of carbonyl (C=O) groups is 1. The van der Waals surface area contributed by atoms with Crippen LogP contribution < -0.4 is 10.3 Å². The number of piperazine rings is 1. The van der Waals surface area contributed by atoms with Gasteiger partial charge in [-0.15, -0.1) is 0 Å². The van der Waals surface area contributed by atoms with Crippen LogP contribution in [0.25, 0.3) is 6.08 Å². The monoisotopic (exact) mass is 459 g/mol. The van der Waals surface area contributed by atoms with Crippen molar-refractivity contribution in [2.24, 2.45) is 0 Å². The van der Waals surface area contributed by atoms with Gasteiger partial charge in [-0.25, -0.2) is 18.2 Å². The summed E-state index contributed by atoms with van der Waals surface area (Å²) in [5, 5.41) is 2.61. The Morgan fingerprint density at radius 2 is 1.69 bits per heavy atom. The molecule has 2 aliphatic heterocycles. The SMILES string of the molecule is O=C1CN(S(=O)(=O)C=Cc2ccc(F)cc2)CCN1NC1CCN(c2ccncc2)CC1. The quantitative estimate of drug-likeness (QED) is 0.710. The second-order valence-corrected chi connectivity index (χ2v) is 9.69. The van der Waals surface area contributed by atoms with Gasteiger partial charge in [0.1, 0.15) is 5.82 Å². The van der Waals surface area contributed by atoms with Gasteiger partial charge >= 0.3 is 0 Å². The Balaban J connectivity index is 1.28. The maximum atomic E-state index is 13.0. The highest BCUT2D eigenvalue weighted by Gasteiger charge is 2.32. The van der Waals surface area contributed by atoms with Gasteiger partial charge in [0.15, 0.2) is 0 Å². The van der Waals surface area contributed by atoms with Gasteiger partial charge in [0.05, 0.1) is 13.1 Å². The van der Waals surface area contributed by atoms with Gasteiger partial charge in [-0.2, -0.15) is 4.31 Å². The Labute approximate surface area is 187 Å². The van der Waals surface area contributed by atoms with Crippen LogP contribution in [0.1, 0.15) is 18.4 Å². The van der Waals surface area contributed by atoms with Crippen LogP contribution in [0, 0.1) is 5.82 Å². The third-order valence-electron chi connectivity index (χ3n) is 5.71. The molecule has 2 saturated heterocycles. The van der Waals surface area contributed by atoms with E-state index in [1.165, 1.54) is 34.6 Å². The molecule has 0 aliphatic carbocycles. The van der Waals surface area contributed by atoms with Gasteiger partial charge in [0, 0.05) is 49.2 Å². The van der Waals surface area contributed by atoms with Gasteiger partial charge in [-0.1, -0.05) is 12.1 Å². The Kier molecular flexibility index (Phi) is 6.83. The fourth-order valence-corrected chi connectivity index (χ4v) is 5.00. The zero-order valence-corrected chi connectivity index (χ0v) is 18.4. The van der Waals surface area contributed by atoms with E-state index in [2.05, 4.69) is 15.3 Å². The molecular formula is C22H26FN5O3S. The van der Waals surface area contributed by atoms with E-state index < -0.39 is 10.0 Å². The lowest BCUT2D eigenvalue weighted by Crippen LogP contribution is -2.59. The minimum absolute atomic E-state index is 0.165. The van der Waals surface area contributed by atoms with E-state index in [0.29, 0.717) is 5.56 Å². The zero-order valence-electron chi connectivity index (χ0n) is 17.6. The van der Waals surface area contributed by atoms with E-state index in [9.17, 15) is 17.6 Å². The van der Waals surface area contributed by atoms with Gasteiger partial charge in [-0.05, 0) is 48.7 Å². The first-order valence-corrected chi connectivity index (χ1v) is 12.1. The van der Waals surface area contributed by atoms with Crippen molar-refractivity contribution < 1.29 is 17.6 Å². The molecule has 2 fully saturated rings. The second kappa shape index (κ2) is 9.76. The molecule has 10 heteroatoms. The number of hydrogen-bond acceptors (Lipinski definition) is 6. The Morgan fingerprint density at radius 1 is 1.00 bits per heavy atom. The molecule has 0 radical (unpaired) electrons. The number of nitrogens with zero attached hydrogens (tertiary/aromatic N) is 4. The summed E-state index contributed by atoms with van der Waals surface area (Å²) < 4.78 is 39.4. The topological polar surface area (TPSA) is 85.8 Å². The number of piperidine rings is 1. The smallest absolute Gasteiger partial charge is 0.252 e. The summed E-state index contributed by atoms with van der Waals surface area (Å²) >= 11 is 0. The van der Waals surface area contributed by atoms with Gasteiger partial charge in [0.2, 0.25) is 10.0 Å². The number of halogens is 1. The number of benzene rings is 1. The third-order valence-corrected chi connectivity index (χ3v) is 7.22. The molecule has 1 N–H and O–H groups in total. The summed E-state index contributed by atoms with van der Waals surface area (Å²) in [4.78, 5) is 18.9. The second-order valence-electron chi connectivity index (χ2n) is 7.87. The predicted molar refractivity (Wildman–Crippen MR) is 120 cm³/mol. The maximum absolute atomic E-state index is 13.0. The van der Waals surface area contributed by atoms with Crippen molar-refractivity contribution in [3.8, 4) is 0 Å². The Hall–Kier alpha value is -2.82. The molecule has 8 nitrogen and oxygen atoms in total. The standard InChI is InChI=1S/C22H26FN5O3S/c23-19-3-1-18(2-4-19)9-16-32(30,31)27-14-15-28(22(29)17-27)25-20-7-12-26(13-8-20)21-5-10-24-11-6-21/h1-6,9-11,16,20,25H,7-8,12-15,17H2. The molecule has 0 atom stereocenters. The van der Waals surface area contributed by atoms with E-state index in [0.717, 1.165) is 37.0 Å². The number of hydrazine groups is 1. The first kappa shape index (κ1) is 22.4. The molecule has 4 rings (SSSR count). The number of aromatic nitrogens is 1. The summed E-state index contributed by atoms with van der Waals surface area (Å²) in [5.74, 6) is -0.658. The summed E-state index contributed by atoms with van der Waals surface area (Å²) in [7, 11) is -3.75. The number of sulfonamides is 1. The van der Waals surface area contributed by atoms with Crippen LogP contribution in [0.15, 0.2) is 54.2 Å². The van der Waals surface area contributed by atoms with Crippen LogP contribution >= 0.6 is 0 Å². The molecule has 32 heavy (non-hydrogen) atoms. The average molecular weight is 460 g/mol. The molecule has 0 spiro atoms. The van der Waals surface area contributed by atoms with Gasteiger partial charge in [0.25, 0.3) is 5.91 Å². The summed E-state index contributed by atoms with van der Waals surface area (Å²) in [6.07, 6.45) is 6.73. The first-order chi connectivity index (χ1) is 15.4. The predicted octanol–water partition coefficient (Wildman–Crippen LogP) is 1.84. The lowest BCUT2D eigenvalue weighted by Gasteiger charge is -2.39. The van der Waals surface area contributed by atoms with Crippen molar-refractivity contribution >= 4 is 27.7 Å². The molecule has 2 aromatic rings. The Bertz CT molecular complexity index is 1050. The number of rotatable bonds is 6. The van der Waals surface area contributed by atoms with Gasteiger partial charge in [-0.3, -0.25) is 14.8 Å². The van der Waals surface area contributed by atoms with Crippen LogP contribution in [0.5, 0.6) is 0 Å². The van der Waals surface area contributed by atoms with Crippen molar-refractivity contribution in [3.63, 3.8) is 0 Å². The fourth-order valence-electron chi connectivity index (χ4n) is 3.87. The molecule has 2 aliphatic rings. The minimum atomic E-state index is -3.75. The highest BCUT2D eigenvalue weighted by Crippen LogP contribution is 2.20. The number of nitrogens with one attached hydrogen (secondary N) is 1. The summed E-state index contributed by atoms with van der Waals surface area (Å²) in [6, 6.07) is 9.66. The van der Waals surface area contributed by atoms with Crippen molar-refractivity contribution in [2.75, 3.05) is 37.6 Å². The van der Waals surface area contributed by atoms with E-state index in [1.54, 1.807) is 17.4 Å². The fraction of sp³-hybridized carbons (Fsp3) is 0.364. The minimum Gasteiger partial charge on any atom is -0.371 e. The van der Waals surface area contributed by atoms with Gasteiger partial charge < -0.3 is 4.90 Å². The van der Waals surface area contributed by atoms with Crippen molar-refractivity contribution in [3.05, 3.63) is 65.6 Å². The van der Waals surface area contributed by atoms with Crippen LogP contribution in [0.4, 0.5) is 10.1 Å². The molecule has 0 bridgehead atoms. The molecule has 3 heterocycles. The lowest BCUT2D eigenvalue weighted by molar-refractivity contribution is -0.138. The molecule has 0 unspecified atom stereocenters. The van der Waals surface area contributed by atoms with Crippen molar-refractivity contribution in [1.82, 2.24) is 19.7 Å². The molecule has 170 valence electrons. The number of pyridine rings is 1. The van der Waals surface area contributed by atoms with Crippen LogP contribution in [-0.2, 0) is 14.8 Å². The number of carbonyl (C=O) groups excluding carboxylic acids is 1. The summed E-state index contributed by atoms with van der Waals surface area (Å²) in [6.45, 7) is 2.04. The number of amides is 1. The van der Waals surface area contributed by atoms with E-state index >= 15 is 0 Å². The van der Waals surface area contributed by atoms with Crippen LogP contribution in [-0.4, -0.2) is 67.4 Å². The first-order valence-electron chi connectivity index (χ1n) is 10.6. The maximum Gasteiger partial charge on any atom is 0.252 e. The zero-order chi connectivity index (χ0) is 22.6. The van der Waals surface area contributed by atoms with E-state index in [4.69, 9.17) is 0 Å². The van der Waals surface area contributed by atoms with Crippen molar-refractivity contribution in [2.45, 2.75) is 18.9 Å². The van der Waals surface area contributed by atoms with E-state index in [1.807, 2.05) is 12.1 Å². The highest BCUT2D eigenvalue weighted by atomic mass is 32.2. The molecule has 1 aromatic heterocycles. The number of hydrogen-bond donors (Lipinski definition) is 1. The van der Waals surface area contributed by atoms with Crippen LogP contribution in [0.3, 0.4) is 0 Å². The molecular weight excluding hydrogens is 433 g/mol. The van der Waals surface area contributed by atoms with Crippen molar-refractivity contribution in [1.29, 1.82) is 0 Å².